The normalized spacial score (nSPS) is 17.1. The maximum Gasteiger partial charge on any atom is 0.274 e. The molecule has 0 radical (unpaired) electrons. The maximum absolute atomic E-state index is 13.6. The number of ether oxygens (including phenoxy) is 2. The van der Waals surface area contributed by atoms with E-state index < -0.39 is 15.6 Å². The average Bonchev–Trinajstić information content (AvgIpc) is 3.69. The molecular weight excluding hydrogens is 558 g/mol. The first-order chi connectivity index (χ1) is 18.7. The van der Waals surface area contributed by atoms with Gasteiger partial charge < -0.3 is 14.4 Å². The largest absolute Gasteiger partial charge is 0.347 e. The van der Waals surface area contributed by atoms with Crippen LogP contribution in [-0.2, 0) is 19.3 Å². The summed E-state index contributed by atoms with van der Waals surface area (Å²) in [6.07, 6.45) is 2.44. The van der Waals surface area contributed by atoms with Crippen LogP contribution in [0.25, 0.3) is 26.7 Å². The minimum absolute atomic E-state index is 0.160. The fourth-order valence-electron chi connectivity index (χ4n) is 4.98. The van der Waals surface area contributed by atoms with E-state index in [2.05, 4.69) is 0 Å². The van der Waals surface area contributed by atoms with E-state index in [1.54, 1.807) is 39.9 Å². The number of benzene rings is 2. The highest BCUT2D eigenvalue weighted by Gasteiger charge is 2.41. The van der Waals surface area contributed by atoms with Crippen molar-refractivity contribution >= 4 is 38.7 Å². The summed E-state index contributed by atoms with van der Waals surface area (Å²) in [6.45, 7) is 2.21. The number of aromatic nitrogens is 2. The van der Waals surface area contributed by atoms with Gasteiger partial charge in [-0.25, -0.2) is 13.1 Å². The molecule has 1 spiro atoms. The molecule has 4 aromatic rings. The lowest BCUT2D eigenvalue weighted by Crippen LogP contribution is -2.47. The van der Waals surface area contributed by atoms with E-state index >= 15 is 0 Å². The first kappa shape index (κ1) is 26.2. The lowest BCUT2D eigenvalue weighted by atomic mass is 10.0. The van der Waals surface area contributed by atoms with Crippen LogP contribution < -0.4 is 0 Å². The molecule has 0 aliphatic carbocycles. The van der Waals surface area contributed by atoms with E-state index in [4.69, 9.17) is 26.2 Å². The Bertz CT molecular complexity index is 1650. The van der Waals surface area contributed by atoms with Crippen LogP contribution in [0.3, 0.4) is 0 Å². The number of thiophene rings is 1. The van der Waals surface area contributed by atoms with Gasteiger partial charge >= 0.3 is 0 Å². The van der Waals surface area contributed by atoms with Crippen LogP contribution in [0, 0.1) is 0 Å². The van der Waals surface area contributed by atoms with Crippen molar-refractivity contribution in [2.45, 2.75) is 23.5 Å². The Balaban J connectivity index is 1.35. The van der Waals surface area contributed by atoms with Gasteiger partial charge in [-0.1, -0.05) is 35.9 Å². The number of carbonyl (C=O) groups excluding carboxylic acids is 1. The molecule has 0 saturated carbocycles. The number of para-hydroxylation sites is 1. The number of piperidine rings is 1. The Morgan fingerprint density at radius 2 is 1.69 bits per heavy atom. The molecule has 2 aromatic heterocycles. The van der Waals surface area contributed by atoms with Crippen molar-refractivity contribution in [1.29, 1.82) is 0 Å². The first-order valence-electron chi connectivity index (χ1n) is 12.6. The van der Waals surface area contributed by atoms with E-state index in [0.29, 0.717) is 55.5 Å². The molecule has 2 aliphatic rings. The zero-order valence-electron chi connectivity index (χ0n) is 21.2. The number of sulfone groups is 1. The van der Waals surface area contributed by atoms with E-state index in [0.717, 1.165) is 21.0 Å². The van der Waals surface area contributed by atoms with Gasteiger partial charge in [-0.15, -0.1) is 11.3 Å². The van der Waals surface area contributed by atoms with Gasteiger partial charge in [-0.2, -0.15) is 5.10 Å². The topological polar surface area (TPSA) is 90.7 Å². The number of nitrogens with zero attached hydrogens (tertiary/aromatic N) is 3. The Morgan fingerprint density at radius 3 is 2.41 bits per heavy atom. The molecule has 0 bridgehead atoms. The highest BCUT2D eigenvalue weighted by Crippen LogP contribution is 2.38. The zero-order valence-corrected chi connectivity index (χ0v) is 23.6. The number of halogens is 1. The molecule has 0 unspecified atom stereocenters. The molecule has 6 rings (SSSR count). The van der Waals surface area contributed by atoms with Crippen molar-refractivity contribution in [3.8, 4) is 26.7 Å². The minimum Gasteiger partial charge on any atom is -0.347 e. The van der Waals surface area contributed by atoms with Crippen molar-refractivity contribution in [1.82, 2.24) is 14.7 Å². The monoisotopic (exact) mass is 583 g/mol. The SMILES string of the molecule is CS(=O)(=O)c1cccc(-c2ccc(-c3cc(C(=O)N4CCC5(CC4)OCCO5)nn3-c3ccccc3Cl)s2)c1. The van der Waals surface area contributed by atoms with E-state index in [1.807, 2.05) is 36.4 Å². The molecule has 4 heterocycles. The predicted octanol–water partition coefficient (Wildman–Crippen LogP) is 5.30. The second kappa shape index (κ2) is 10.2. The quantitative estimate of drug-likeness (QED) is 0.316. The van der Waals surface area contributed by atoms with E-state index in [1.165, 1.54) is 17.6 Å². The van der Waals surface area contributed by atoms with Crippen LogP contribution >= 0.6 is 22.9 Å². The van der Waals surface area contributed by atoms with Crippen molar-refractivity contribution in [3.63, 3.8) is 0 Å². The van der Waals surface area contributed by atoms with E-state index in [-0.39, 0.29) is 10.8 Å². The zero-order chi connectivity index (χ0) is 27.2. The molecule has 0 atom stereocenters. The third-order valence-corrected chi connectivity index (χ3v) is 9.63. The number of hydrogen-bond acceptors (Lipinski definition) is 7. The number of rotatable bonds is 5. The van der Waals surface area contributed by atoms with Crippen LogP contribution in [-0.4, -0.2) is 67.4 Å². The smallest absolute Gasteiger partial charge is 0.274 e. The first-order valence-corrected chi connectivity index (χ1v) is 15.6. The molecule has 2 aromatic carbocycles. The fraction of sp³-hybridized carbons (Fsp3) is 0.286. The Kier molecular flexibility index (Phi) is 6.84. The summed E-state index contributed by atoms with van der Waals surface area (Å²) >= 11 is 8.04. The Labute approximate surface area is 235 Å². The molecule has 11 heteroatoms. The molecule has 39 heavy (non-hydrogen) atoms. The second-order valence-electron chi connectivity index (χ2n) is 9.64. The molecule has 1 amide bonds. The molecule has 2 fully saturated rings. The Morgan fingerprint density at radius 1 is 0.974 bits per heavy atom. The van der Waals surface area contributed by atoms with Crippen molar-refractivity contribution < 1.29 is 22.7 Å². The summed E-state index contributed by atoms with van der Waals surface area (Å²) in [5, 5.41) is 5.22. The summed E-state index contributed by atoms with van der Waals surface area (Å²) in [6, 6.07) is 19.9. The number of likely N-dealkylation sites (tertiary alicyclic amines) is 1. The number of carbonyl (C=O) groups is 1. The summed E-state index contributed by atoms with van der Waals surface area (Å²) in [4.78, 5) is 17.4. The molecule has 8 nitrogen and oxygen atoms in total. The molecular formula is C28H26ClN3O5S2. The molecule has 0 N–H and O–H groups in total. The summed E-state index contributed by atoms with van der Waals surface area (Å²) in [5.74, 6) is -0.728. The van der Waals surface area contributed by atoms with Gasteiger partial charge in [0.1, 0.15) is 0 Å². The van der Waals surface area contributed by atoms with Crippen molar-refractivity contribution in [3.05, 3.63) is 77.4 Å². The molecule has 2 saturated heterocycles. The summed E-state index contributed by atoms with van der Waals surface area (Å²) in [7, 11) is -3.33. The van der Waals surface area contributed by atoms with Crippen LogP contribution in [0.4, 0.5) is 0 Å². The van der Waals surface area contributed by atoms with Crippen LogP contribution in [0.5, 0.6) is 0 Å². The average molecular weight is 584 g/mol. The highest BCUT2D eigenvalue weighted by atomic mass is 35.5. The minimum atomic E-state index is -3.33. The van der Waals surface area contributed by atoms with Gasteiger partial charge in [0.25, 0.3) is 5.91 Å². The van der Waals surface area contributed by atoms with Crippen LogP contribution in [0.15, 0.2) is 71.6 Å². The number of hydrogen-bond donors (Lipinski definition) is 0. The number of amides is 1. The predicted molar refractivity (Wildman–Crippen MR) is 150 cm³/mol. The van der Waals surface area contributed by atoms with Crippen LogP contribution in [0.2, 0.25) is 5.02 Å². The standard InChI is InChI=1S/C28H26ClN3O5S2/c1-39(34,35)20-6-4-5-19(17-20)25-9-10-26(38-25)24-18-22(30-32(24)23-8-3-2-7-21(23)29)27(33)31-13-11-28(12-14-31)36-15-16-37-28/h2-10,17-18H,11-16H2,1H3. The lowest BCUT2D eigenvalue weighted by Gasteiger charge is -2.37. The third kappa shape index (κ3) is 5.15. The molecule has 2 aliphatic heterocycles. The van der Waals surface area contributed by atoms with Crippen LogP contribution in [0.1, 0.15) is 23.3 Å². The summed E-state index contributed by atoms with van der Waals surface area (Å²) < 4.78 is 37.5. The second-order valence-corrected chi connectivity index (χ2v) is 13.1. The van der Waals surface area contributed by atoms with Gasteiger partial charge in [0.15, 0.2) is 21.3 Å². The van der Waals surface area contributed by atoms with Gasteiger partial charge in [-0.05, 0) is 48.0 Å². The van der Waals surface area contributed by atoms with Gasteiger partial charge in [0.05, 0.1) is 39.4 Å². The van der Waals surface area contributed by atoms with Gasteiger partial charge in [0.2, 0.25) is 0 Å². The third-order valence-electron chi connectivity index (χ3n) is 7.04. The molecule has 202 valence electrons. The summed E-state index contributed by atoms with van der Waals surface area (Å²) in [5.41, 5.74) is 2.50. The van der Waals surface area contributed by atoms with Gasteiger partial charge in [0, 0.05) is 37.1 Å². The van der Waals surface area contributed by atoms with Crippen molar-refractivity contribution in [2.24, 2.45) is 0 Å². The Hall–Kier alpha value is -3.02. The lowest BCUT2D eigenvalue weighted by molar-refractivity contribution is -0.181. The van der Waals surface area contributed by atoms with Gasteiger partial charge in [-0.3, -0.25) is 4.79 Å². The van der Waals surface area contributed by atoms with E-state index in [9.17, 15) is 13.2 Å². The maximum atomic E-state index is 13.6. The van der Waals surface area contributed by atoms with Crippen molar-refractivity contribution in [2.75, 3.05) is 32.6 Å². The highest BCUT2D eigenvalue weighted by molar-refractivity contribution is 7.90. The fourth-order valence-corrected chi connectivity index (χ4v) is 6.86.